The zero-order chi connectivity index (χ0) is 24.9. The van der Waals surface area contributed by atoms with Gasteiger partial charge in [-0.2, -0.15) is 0 Å². The van der Waals surface area contributed by atoms with E-state index >= 15 is 0 Å². The van der Waals surface area contributed by atoms with Crippen LogP contribution in [0.1, 0.15) is 49.0 Å². The maximum Gasteiger partial charge on any atom is 0.341 e. The Labute approximate surface area is 198 Å². The first-order chi connectivity index (χ1) is 16.3. The minimum absolute atomic E-state index is 0.0553. The molecule has 2 N–H and O–H groups in total. The highest BCUT2D eigenvalue weighted by Crippen LogP contribution is 2.19. The lowest BCUT2D eigenvalue weighted by molar-refractivity contribution is -0.190. The molecular weight excluding hydrogens is 442 g/mol. The molecule has 0 spiro atoms. The van der Waals surface area contributed by atoms with E-state index in [4.69, 9.17) is 24.7 Å². The zero-order valence-electron chi connectivity index (χ0n) is 19.2. The van der Waals surface area contributed by atoms with E-state index in [1.54, 1.807) is 12.1 Å². The van der Waals surface area contributed by atoms with E-state index in [1.165, 1.54) is 26.0 Å². The second kappa shape index (κ2) is 13.7. The van der Waals surface area contributed by atoms with Crippen LogP contribution in [-0.2, 0) is 35.0 Å². The Bertz CT molecular complexity index is 974. The molecule has 0 aromatic heterocycles. The molecule has 0 saturated heterocycles. The molecule has 2 rings (SSSR count). The molecule has 2 aromatic carbocycles. The average Bonchev–Trinajstić information content (AvgIpc) is 2.79. The van der Waals surface area contributed by atoms with Crippen LogP contribution in [-0.4, -0.2) is 42.8 Å². The molecule has 0 aliphatic carbocycles. The molecule has 0 heterocycles. The lowest BCUT2D eigenvalue weighted by atomic mass is 10.1. The van der Waals surface area contributed by atoms with Crippen molar-refractivity contribution in [3.8, 4) is 5.75 Å². The number of carbonyl (C=O) groups is 4. The van der Waals surface area contributed by atoms with Gasteiger partial charge in [-0.3, -0.25) is 14.4 Å². The Balaban J connectivity index is 1.89. The van der Waals surface area contributed by atoms with Crippen molar-refractivity contribution in [1.82, 2.24) is 0 Å². The lowest BCUT2D eigenvalue weighted by Gasteiger charge is -2.19. The molecule has 2 atom stereocenters. The van der Waals surface area contributed by atoms with Crippen LogP contribution in [0.2, 0.25) is 0 Å². The third-order valence-electron chi connectivity index (χ3n) is 4.52. The lowest BCUT2D eigenvalue weighted by Crippen LogP contribution is -2.35. The fraction of sp³-hybridized carbons (Fsp3) is 0.360. The van der Waals surface area contributed by atoms with E-state index in [1.807, 2.05) is 30.3 Å². The van der Waals surface area contributed by atoms with E-state index in [9.17, 15) is 19.2 Å². The van der Waals surface area contributed by atoms with Crippen molar-refractivity contribution in [3.05, 3.63) is 65.7 Å². The fourth-order valence-electron chi connectivity index (χ4n) is 2.87. The van der Waals surface area contributed by atoms with Gasteiger partial charge in [0, 0.05) is 13.3 Å². The van der Waals surface area contributed by atoms with Gasteiger partial charge in [-0.25, -0.2) is 4.79 Å². The number of nitrogens with two attached hydrogens (primary N) is 1. The van der Waals surface area contributed by atoms with Crippen molar-refractivity contribution < 1.29 is 38.1 Å². The molecule has 34 heavy (non-hydrogen) atoms. The summed E-state index contributed by atoms with van der Waals surface area (Å²) in [4.78, 5) is 47.8. The maximum atomic E-state index is 12.4. The van der Waals surface area contributed by atoms with Crippen LogP contribution < -0.4 is 10.5 Å². The van der Waals surface area contributed by atoms with Gasteiger partial charge in [-0.15, -0.1) is 0 Å². The van der Waals surface area contributed by atoms with E-state index in [2.05, 4.69) is 0 Å². The second-order valence-corrected chi connectivity index (χ2v) is 7.50. The summed E-state index contributed by atoms with van der Waals surface area (Å²) in [5.41, 5.74) is 6.68. The van der Waals surface area contributed by atoms with E-state index < -0.39 is 36.2 Å². The highest BCUT2D eigenvalue weighted by molar-refractivity contribution is 5.93. The molecule has 2 unspecified atom stereocenters. The first-order valence-corrected chi connectivity index (χ1v) is 10.9. The predicted molar refractivity (Wildman–Crippen MR) is 122 cm³/mol. The fourth-order valence-corrected chi connectivity index (χ4v) is 2.87. The number of carbonyl (C=O) groups excluding carboxylic acids is 4. The van der Waals surface area contributed by atoms with Crippen LogP contribution in [0.5, 0.6) is 5.75 Å². The number of hydrogen-bond acceptors (Lipinski definition) is 9. The number of hydrogen-bond donors (Lipinski definition) is 1. The standard InChI is InChI=1S/C25H29NO8/c1-17(26)24(29)34-23(33-22(28)14-8-11-19-9-4-3-5-10-19)15-16-31-25(30)20-12-6-7-13-21(20)32-18(2)27/h3-7,9-10,12-13,17,23H,8,11,14-16,26H2,1-2H3. The summed E-state index contributed by atoms with van der Waals surface area (Å²) in [6, 6.07) is 14.9. The van der Waals surface area contributed by atoms with Crippen molar-refractivity contribution in [3.63, 3.8) is 0 Å². The van der Waals surface area contributed by atoms with Crippen molar-refractivity contribution in [2.75, 3.05) is 6.61 Å². The highest BCUT2D eigenvalue weighted by Gasteiger charge is 2.22. The van der Waals surface area contributed by atoms with Gasteiger partial charge in [0.15, 0.2) is 0 Å². The minimum Gasteiger partial charge on any atom is -0.462 e. The number of ether oxygens (including phenoxy) is 4. The summed E-state index contributed by atoms with van der Waals surface area (Å²) < 4.78 is 20.6. The minimum atomic E-state index is -1.26. The predicted octanol–water partition coefficient (Wildman–Crippen LogP) is 2.94. The van der Waals surface area contributed by atoms with Gasteiger partial charge in [-0.05, 0) is 37.5 Å². The molecule has 0 radical (unpaired) electrons. The Kier molecular flexibility index (Phi) is 10.7. The molecule has 2 aromatic rings. The first-order valence-electron chi connectivity index (χ1n) is 10.9. The zero-order valence-corrected chi connectivity index (χ0v) is 19.2. The molecule has 0 amide bonds. The van der Waals surface area contributed by atoms with Crippen LogP contribution in [0.25, 0.3) is 0 Å². The van der Waals surface area contributed by atoms with E-state index in [0.717, 1.165) is 5.56 Å². The normalized spacial score (nSPS) is 12.2. The van der Waals surface area contributed by atoms with Gasteiger partial charge in [-0.1, -0.05) is 42.5 Å². The molecule has 9 nitrogen and oxygen atoms in total. The third kappa shape index (κ3) is 9.41. The Morgan fingerprint density at radius 3 is 2.29 bits per heavy atom. The van der Waals surface area contributed by atoms with Gasteiger partial charge in [0.1, 0.15) is 17.4 Å². The molecular formula is C25H29NO8. The van der Waals surface area contributed by atoms with Crippen LogP contribution in [0.3, 0.4) is 0 Å². The summed E-state index contributed by atoms with van der Waals surface area (Å²) in [5, 5.41) is 0. The number of para-hydroxylation sites is 1. The maximum absolute atomic E-state index is 12.4. The molecule has 9 heteroatoms. The number of aryl methyl sites for hydroxylation is 1. The molecule has 182 valence electrons. The summed E-state index contributed by atoms with van der Waals surface area (Å²) in [6.07, 6.45) is 0.0125. The van der Waals surface area contributed by atoms with Crippen LogP contribution in [0.15, 0.2) is 54.6 Å². The van der Waals surface area contributed by atoms with Crippen LogP contribution in [0.4, 0.5) is 0 Å². The quantitative estimate of drug-likeness (QED) is 0.282. The van der Waals surface area contributed by atoms with Crippen molar-refractivity contribution in [2.45, 2.75) is 51.9 Å². The third-order valence-corrected chi connectivity index (χ3v) is 4.52. The van der Waals surface area contributed by atoms with Gasteiger partial charge in [0.05, 0.1) is 13.0 Å². The van der Waals surface area contributed by atoms with Gasteiger partial charge in [0.25, 0.3) is 6.29 Å². The SMILES string of the molecule is CC(=O)Oc1ccccc1C(=O)OCCC(OC(=O)CCCc1ccccc1)OC(=O)C(C)N. The van der Waals surface area contributed by atoms with Crippen molar-refractivity contribution >= 4 is 23.9 Å². The average molecular weight is 472 g/mol. The van der Waals surface area contributed by atoms with E-state index in [-0.39, 0.29) is 30.8 Å². The molecule has 0 aliphatic rings. The van der Waals surface area contributed by atoms with Crippen molar-refractivity contribution in [1.29, 1.82) is 0 Å². The van der Waals surface area contributed by atoms with E-state index in [0.29, 0.717) is 12.8 Å². The molecule has 0 bridgehead atoms. The van der Waals surface area contributed by atoms with Gasteiger partial charge in [0.2, 0.25) is 0 Å². The molecule has 0 fully saturated rings. The van der Waals surface area contributed by atoms with Crippen LogP contribution in [0, 0.1) is 0 Å². The first kappa shape index (κ1) is 26.5. The number of rotatable bonds is 12. The Hall–Kier alpha value is -3.72. The largest absolute Gasteiger partial charge is 0.462 e. The topological polar surface area (TPSA) is 131 Å². The van der Waals surface area contributed by atoms with Crippen LogP contribution >= 0.6 is 0 Å². The highest BCUT2D eigenvalue weighted by atomic mass is 16.7. The summed E-state index contributed by atoms with van der Waals surface area (Å²) in [7, 11) is 0. The van der Waals surface area contributed by atoms with Crippen molar-refractivity contribution in [2.24, 2.45) is 5.73 Å². The van der Waals surface area contributed by atoms with Gasteiger partial charge < -0.3 is 24.7 Å². The molecule has 0 aliphatic heterocycles. The number of benzene rings is 2. The summed E-state index contributed by atoms with van der Waals surface area (Å²) in [6.45, 7) is 2.43. The summed E-state index contributed by atoms with van der Waals surface area (Å²) in [5.74, 6) is -2.58. The molecule has 0 saturated carbocycles. The number of esters is 4. The Morgan fingerprint density at radius 2 is 1.62 bits per heavy atom. The Morgan fingerprint density at radius 1 is 0.941 bits per heavy atom. The monoisotopic (exact) mass is 471 g/mol. The van der Waals surface area contributed by atoms with Gasteiger partial charge >= 0.3 is 23.9 Å². The second-order valence-electron chi connectivity index (χ2n) is 7.50. The smallest absolute Gasteiger partial charge is 0.341 e. The summed E-state index contributed by atoms with van der Waals surface area (Å²) >= 11 is 0.